The van der Waals surface area contributed by atoms with Gasteiger partial charge in [-0.05, 0) is 24.6 Å². The summed E-state index contributed by atoms with van der Waals surface area (Å²) in [7, 11) is 1.75. The Bertz CT molecular complexity index is 556. The van der Waals surface area contributed by atoms with Crippen LogP contribution in [0.15, 0.2) is 54.7 Å². The van der Waals surface area contributed by atoms with Gasteiger partial charge in [0.05, 0.1) is 11.7 Å². The van der Waals surface area contributed by atoms with Crippen molar-refractivity contribution < 1.29 is 4.79 Å². The van der Waals surface area contributed by atoms with Crippen LogP contribution in [-0.2, 0) is 4.79 Å². The van der Waals surface area contributed by atoms with Crippen LogP contribution >= 0.6 is 0 Å². The van der Waals surface area contributed by atoms with E-state index in [-0.39, 0.29) is 11.9 Å². The Morgan fingerprint density at radius 2 is 1.80 bits per heavy atom. The summed E-state index contributed by atoms with van der Waals surface area (Å²) >= 11 is 0. The van der Waals surface area contributed by atoms with Crippen LogP contribution in [0.3, 0.4) is 0 Å². The SMILES string of the molecule is C[C@H](c1ccccn1)N(C)C(=O)[C@H](N)c1ccccc1. The number of likely N-dealkylation sites (N-methyl/N-ethyl adjacent to an activating group) is 1. The molecule has 0 saturated carbocycles. The van der Waals surface area contributed by atoms with E-state index in [4.69, 9.17) is 5.73 Å². The summed E-state index contributed by atoms with van der Waals surface area (Å²) in [6.45, 7) is 1.94. The average molecular weight is 269 g/mol. The molecule has 0 radical (unpaired) electrons. The van der Waals surface area contributed by atoms with E-state index in [0.717, 1.165) is 11.3 Å². The average Bonchev–Trinajstić information content (AvgIpc) is 2.53. The van der Waals surface area contributed by atoms with Gasteiger partial charge in [0.15, 0.2) is 0 Å². The predicted octanol–water partition coefficient (Wildman–Crippen LogP) is 2.30. The van der Waals surface area contributed by atoms with Gasteiger partial charge in [0, 0.05) is 13.2 Å². The second-order valence-corrected chi connectivity index (χ2v) is 4.77. The monoisotopic (exact) mass is 269 g/mol. The van der Waals surface area contributed by atoms with Crippen LogP contribution in [0, 0.1) is 0 Å². The quantitative estimate of drug-likeness (QED) is 0.926. The van der Waals surface area contributed by atoms with Gasteiger partial charge in [0.2, 0.25) is 5.91 Å². The molecule has 0 unspecified atom stereocenters. The van der Waals surface area contributed by atoms with Crippen LogP contribution < -0.4 is 5.73 Å². The maximum absolute atomic E-state index is 12.4. The van der Waals surface area contributed by atoms with E-state index < -0.39 is 6.04 Å². The predicted molar refractivity (Wildman–Crippen MR) is 78.8 cm³/mol. The van der Waals surface area contributed by atoms with Gasteiger partial charge in [0.25, 0.3) is 0 Å². The molecule has 1 heterocycles. The molecule has 0 aliphatic rings. The Kier molecular flexibility index (Phi) is 4.48. The fourth-order valence-electron chi connectivity index (χ4n) is 2.03. The molecule has 2 atom stereocenters. The first-order valence-electron chi connectivity index (χ1n) is 6.59. The van der Waals surface area contributed by atoms with Gasteiger partial charge >= 0.3 is 0 Å². The zero-order valence-corrected chi connectivity index (χ0v) is 11.7. The van der Waals surface area contributed by atoms with E-state index in [1.54, 1.807) is 18.1 Å². The summed E-state index contributed by atoms with van der Waals surface area (Å²) in [5.41, 5.74) is 7.71. The minimum absolute atomic E-state index is 0.113. The minimum Gasteiger partial charge on any atom is -0.336 e. The molecule has 0 aliphatic carbocycles. The number of carbonyl (C=O) groups is 1. The van der Waals surface area contributed by atoms with E-state index in [1.165, 1.54) is 0 Å². The summed E-state index contributed by atoms with van der Waals surface area (Å²) in [5.74, 6) is -0.116. The lowest BCUT2D eigenvalue weighted by molar-refractivity contribution is -0.133. The Hall–Kier alpha value is -2.20. The normalized spacial score (nSPS) is 13.6. The molecule has 0 spiro atoms. The molecule has 4 heteroatoms. The van der Waals surface area contributed by atoms with Gasteiger partial charge < -0.3 is 10.6 Å². The Morgan fingerprint density at radius 3 is 2.40 bits per heavy atom. The summed E-state index contributed by atoms with van der Waals surface area (Å²) in [5, 5.41) is 0. The highest BCUT2D eigenvalue weighted by molar-refractivity contribution is 5.83. The molecule has 0 aliphatic heterocycles. The first-order chi connectivity index (χ1) is 9.61. The number of rotatable bonds is 4. The number of carbonyl (C=O) groups excluding carboxylic acids is 1. The molecule has 1 amide bonds. The molecule has 20 heavy (non-hydrogen) atoms. The number of nitrogens with two attached hydrogens (primary N) is 1. The third-order valence-electron chi connectivity index (χ3n) is 3.47. The molecule has 0 saturated heterocycles. The second-order valence-electron chi connectivity index (χ2n) is 4.77. The lowest BCUT2D eigenvalue weighted by atomic mass is 10.1. The van der Waals surface area contributed by atoms with Gasteiger partial charge in [0.1, 0.15) is 6.04 Å². The minimum atomic E-state index is -0.646. The second kappa shape index (κ2) is 6.30. The van der Waals surface area contributed by atoms with Gasteiger partial charge in [-0.1, -0.05) is 36.4 Å². The molecular weight excluding hydrogens is 250 g/mol. The highest BCUT2D eigenvalue weighted by Gasteiger charge is 2.24. The van der Waals surface area contributed by atoms with Crippen molar-refractivity contribution >= 4 is 5.91 Å². The number of hydrogen-bond donors (Lipinski definition) is 1. The zero-order chi connectivity index (χ0) is 14.5. The summed E-state index contributed by atoms with van der Waals surface area (Å²) < 4.78 is 0. The van der Waals surface area contributed by atoms with Crippen molar-refractivity contribution in [2.45, 2.75) is 19.0 Å². The Labute approximate surface area is 119 Å². The molecule has 2 aromatic rings. The number of nitrogens with zero attached hydrogens (tertiary/aromatic N) is 2. The number of benzene rings is 1. The molecule has 0 fully saturated rings. The molecule has 2 N–H and O–H groups in total. The summed E-state index contributed by atoms with van der Waals surface area (Å²) in [6, 6.07) is 14.3. The molecule has 104 valence electrons. The smallest absolute Gasteiger partial charge is 0.244 e. The van der Waals surface area contributed by atoms with Crippen molar-refractivity contribution in [1.29, 1.82) is 0 Å². The van der Waals surface area contributed by atoms with Crippen LogP contribution in [0.5, 0.6) is 0 Å². The molecule has 1 aromatic carbocycles. The van der Waals surface area contributed by atoms with Crippen LogP contribution in [-0.4, -0.2) is 22.8 Å². The first kappa shape index (κ1) is 14.2. The maximum atomic E-state index is 12.4. The standard InChI is InChI=1S/C16H19N3O/c1-12(14-10-6-7-11-18-14)19(2)16(20)15(17)13-8-4-3-5-9-13/h3-12,15H,17H2,1-2H3/t12-,15-/m1/s1. The molecule has 2 rings (SSSR count). The number of pyridine rings is 1. The van der Waals surface area contributed by atoms with E-state index >= 15 is 0 Å². The van der Waals surface area contributed by atoms with E-state index in [2.05, 4.69) is 4.98 Å². The highest BCUT2D eigenvalue weighted by atomic mass is 16.2. The van der Waals surface area contributed by atoms with E-state index in [0.29, 0.717) is 0 Å². The Morgan fingerprint density at radius 1 is 1.15 bits per heavy atom. The lowest BCUT2D eigenvalue weighted by Gasteiger charge is -2.27. The van der Waals surface area contributed by atoms with E-state index in [1.807, 2.05) is 55.5 Å². The first-order valence-corrected chi connectivity index (χ1v) is 6.59. The zero-order valence-electron chi connectivity index (χ0n) is 11.7. The van der Waals surface area contributed by atoms with Crippen molar-refractivity contribution in [1.82, 2.24) is 9.88 Å². The fraction of sp³-hybridized carbons (Fsp3) is 0.250. The topological polar surface area (TPSA) is 59.2 Å². The van der Waals surface area contributed by atoms with Crippen molar-refractivity contribution in [2.75, 3.05) is 7.05 Å². The third kappa shape index (κ3) is 3.03. The fourth-order valence-corrected chi connectivity index (χ4v) is 2.03. The summed E-state index contributed by atoms with van der Waals surface area (Å²) in [6.07, 6.45) is 1.72. The van der Waals surface area contributed by atoms with Crippen LogP contribution in [0.1, 0.15) is 30.3 Å². The number of hydrogen-bond acceptors (Lipinski definition) is 3. The van der Waals surface area contributed by atoms with Crippen molar-refractivity contribution in [3.63, 3.8) is 0 Å². The van der Waals surface area contributed by atoms with Crippen LogP contribution in [0.2, 0.25) is 0 Å². The molecule has 0 bridgehead atoms. The molecule has 1 aromatic heterocycles. The van der Waals surface area contributed by atoms with Gasteiger partial charge in [-0.15, -0.1) is 0 Å². The highest BCUT2D eigenvalue weighted by Crippen LogP contribution is 2.20. The van der Waals surface area contributed by atoms with Crippen LogP contribution in [0.4, 0.5) is 0 Å². The van der Waals surface area contributed by atoms with Crippen molar-refractivity contribution in [3.8, 4) is 0 Å². The van der Waals surface area contributed by atoms with Crippen molar-refractivity contribution in [3.05, 3.63) is 66.0 Å². The third-order valence-corrected chi connectivity index (χ3v) is 3.47. The van der Waals surface area contributed by atoms with Crippen molar-refractivity contribution in [2.24, 2.45) is 5.73 Å². The molecular formula is C16H19N3O. The Balaban J connectivity index is 2.13. The van der Waals surface area contributed by atoms with Gasteiger partial charge in [-0.25, -0.2) is 0 Å². The van der Waals surface area contributed by atoms with E-state index in [9.17, 15) is 4.79 Å². The number of aromatic nitrogens is 1. The lowest BCUT2D eigenvalue weighted by Crippen LogP contribution is -2.37. The largest absolute Gasteiger partial charge is 0.336 e. The van der Waals surface area contributed by atoms with Gasteiger partial charge in [-0.2, -0.15) is 0 Å². The number of amides is 1. The van der Waals surface area contributed by atoms with Gasteiger partial charge in [-0.3, -0.25) is 9.78 Å². The summed E-state index contributed by atoms with van der Waals surface area (Å²) in [4.78, 5) is 18.3. The van der Waals surface area contributed by atoms with Crippen LogP contribution in [0.25, 0.3) is 0 Å². The molecule has 4 nitrogen and oxygen atoms in total. The maximum Gasteiger partial charge on any atom is 0.244 e.